The molecule has 2 aromatic heterocycles. The Labute approximate surface area is 286 Å². The van der Waals surface area contributed by atoms with E-state index < -0.39 is 47.4 Å². The highest BCUT2D eigenvalue weighted by Crippen LogP contribution is 2.46. The lowest BCUT2D eigenvalue weighted by molar-refractivity contribution is -0.149. The molecule has 0 bridgehead atoms. The Balaban J connectivity index is 1.62. The van der Waals surface area contributed by atoms with Gasteiger partial charge in [-0.05, 0) is 56.5 Å². The maximum atomic E-state index is 13.8. The van der Waals surface area contributed by atoms with Crippen LogP contribution in [-0.4, -0.2) is 77.8 Å². The third-order valence-electron chi connectivity index (χ3n) is 8.94. The molecule has 1 saturated heterocycles. The van der Waals surface area contributed by atoms with Crippen LogP contribution < -0.4 is 20.3 Å². The smallest absolute Gasteiger partial charge is 0.416 e. The number of hydrogen-bond acceptors (Lipinski definition) is 11. The number of aliphatic carboxylic acids is 1. The zero-order chi connectivity index (χ0) is 36.4. The summed E-state index contributed by atoms with van der Waals surface area (Å²) in [5.41, 5.74) is 5.01. The molecule has 3 N–H and O–H groups in total. The molecule has 0 spiro atoms. The SMILES string of the molecule is CC[C@]1(N)C[C@H](c2ncc(N3CCOCC3)c(Cc3cc(C#N)cc(C(F)(F)F)c3)n2)c2nc(OC)ccc2N1C(=O)OCC(C)(C)C(=O)O. The molecule has 266 valence electrons. The van der Waals surface area contributed by atoms with Crippen LogP contribution in [0.4, 0.5) is 29.3 Å². The number of aromatic nitrogens is 3. The number of carboxylic acid groups (broad SMARTS) is 1. The van der Waals surface area contributed by atoms with E-state index in [1.807, 2.05) is 11.0 Å². The number of hydrogen-bond donors (Lipinski definition) is 2. The molecule has 0 radical (unpaired) electrons. The predicted molar refractivity (Wildman–Crippen MR) is 174 cm³/mol. The normalized spacial score (nSPS) is 19.4. The Kier molecular flexibility index (Phi) is 10.2. The van der Waals surface area contributed by atoms with Gasteiger partial charge in [-0.15, -0.1) is 0 Å². The van der Waals surface area contributed by atoms with Gasteiger partial charge < -0.3 is 30.0 Å². The number of pyridine rings is 1. The topological polar surface area (TPSA) is 177 Å². The number of benzene rings is 1. The molecule has 2 aliphatic heterocycles. The lowest BCUT2D eigenvalue weighted by atomic mass is 9.83. The zero-order valence-corrected chi connectivity index (χ0v) is 28.1. The molecule has 2 atom stereocenters. The first-order valence-corrected chi connectivity index (χ1v) is 15.9. The number of nitrogens with zero attached hydrogens (tertiary/aromatic N) is 6. The van der Waals surface area contributed by atoms with Crippen LogP contribution in [0.5, 0.6) is 5.88 Å². The molecule has 1 amide bonds. The van der Waals surface area contributed by atoms with Gasteiger partial charge in [0.25, 0.3) is 0 Å². The van der Waals surface area contributed by atoms with Crippen molar-refractivity contribution in [1.82, 2.24) is 15.0 Å². The number of methoxy groups -OCH3 is 1. The summed E-state index contributed by atoms with van der Waals surface area (Å²) >= 11 is 0. The summed E-state index contributed by atoms with van der Waals surface area (Å²) in [6.45, 7) is 6.11. The van der Waals surface area contributed by atoms with Crippen LogP contribution >= 0.6 is 0 Å². The van der Waals surface area contributed by atoms with E-state index in [2.05, 4.69) is 4.98 Å². The van der Waals surface area contributed by atoms with Gasteiger partial charge in [0, 0.05) is 25.6 Å². The summed E-state index contributed by atoms with van der Waals surface area (Å²) < 4.78 is 57.8. The highest BCUT2D eigenvalue weighted by molar-refractivity contribution is 5.91. The molecule has 3 aromatic rings. The average molecular weight is 698 g/mol. The Morgan fingerprint density at radius 1 is 1.16 bits per heavy atom. The molecule has 2 aliphatic rings. The quantitative estimate of drug-likeness (QED) is 0.311. The van der Waals surface area contributed by atoms with E-state index in [9.17, 15) is 33.1 Å². The van der Waals surface area contributed by atoms with E-state index in [-0.39, 0.29) is 47.8 Å². The van der Waals surface area contributed by atoms with E-state index >= 15 is 0 Å². The number of carboxylic acids is 1. The fourth-order valence-corrected chi connectivity index (χ4v) is 5.96. The van der Waals surface area contributed by atoms with E-state index in [0.717, 1.165) is 12.1 Å². The van der Waals surface area contributed by atoms with Crippen molar-refractivity contribution in [3.63, 3.8) is 0 Å². The molecule has 13 nitrogen and oxygen atoms in total. The number of fused-ring (bicyclic) bond motifs is 1. The van der Waals surface area contributed by atoms with Crippen LogP contribution in [0.3, 0.4) is 0 Å². The molecule has 0 unspecified atom stereocenters. The molecule has 5 rings (SSSR count). The van der Waals surface area contributed by atoms with Crippen LogP contribution in [-0.2, 0) is 26.9 Å². The second-order valence-corrected chi connectivity index (χ2v) is 12.9. The Morgan fingerprint density at radius 2 is 1.88 bits per heavy atom. The molecule has 0 saturated carbocycles. The maximum Gasteiger partial charge on any atom is 0.416 e. The number of amides is 1. The predicted octanol–water partition coefficient (Wildman–Crippen LogP) is 4.85. The number of alkyl halides is 3. The summed E-state index contributed by atoms with van der Waals surface area (Å²) in [6.07, 6.45) is -3.66. The van der Waals surface area contributed by atoms with E-state index in [1.165, 1.54) is 31.9 Å². The van der Waals surface area contributed by atoms with E-state index in [4.69, 9.17) is 29.9 Å². The molecule has 16 heteroatoms. The maximum absolute atomic E-state index is 13.8. The molecule has 1 fully saturated rings. The minimum Gasteiger partial charge on any atom is -0.481 e. The van der Waals surface area contributed by atoms with Gasteiger partial charge in [0.2, 0.25) is 5.88 Å². The lowest BCUT2D eigenvalue weighted by Crippen LogP contribution is -2.62. The summed E-state index contributed by atoms with van der Waals surface area (Å²) in [4.78, 5) is 42.9. The van der Waals surface area contributed by atoms with Crippen LogP contribution in [0.15, 0.2) is 36.5 Å². The van der Waals surface area contributed by atoms with Crippen LogP contribution in [0.1, 0.15) is 73.4 Å². The molecular weight excluding hydrogens is 659 g/mol. The van der Waals surface area contributed by atoms with Crippen molar-refractivity contribution >= 4 is 23.4 Å². The first kappa shape index (κ1) is 36.3. The second-order valence-electron chi connectivity index (χ2n) is 12.9. The standard InChI is InChI=1S/C34H38F3N7O6/c1-5-33(39)16-23(28-25(6-7-27(42-28)48-4)44(33)31(47)50-19-32(2,3)30(45)46)29-40-18-26(43-8-10-49-11-9-43)24(41-29)15-20-12-21(17-38)14-22(13-20)34(35,36)37/h6-7,12-14,18,23H,5,8-11,15-16,19,39H2,1-4H3,(H,45,46)/t23-,33+/m0/s1. The lowest BCUT2D eigenvalue weighted by Gasteiger charge is -2.46. The van der Waals surface area contributed by atoms with Gasteiger partial charge in [-0.25, -0.2) is 19.7 Å². The number of rotatable bonds is 9. The van der Waals surface area contributed by atoms with Gasteiger partial charge in [0.15, 0.2) is 0 Å². The highest BCUT2D eigenvalue weighted by Gasteiger charge is 2.48. The van der Waals surface area contributed by atoms with Crippen molar-refractivity contribution in [2.75, 3.05) is 49.8 Å². The third-order valence-corrected chi connectivity index (χ3v) is 8.94. The van der Waals surface area contributed by atoms with Crippen molar-refractivity contribution in [2.45, 2.75) is 57.8 Å². The molecule has 4 heterocycles. The number of nitriles is 1. The van der Waals surface area contributed by atoms with Crippen molar-refractivity contribution in [3.8, 4) is 11.9 Å². The summed E-state index contributed by atoms with van der Waals surface area (Å²) in [6, 6.07) is 8.18. The fraction of sp³-hybridized carbons (Fsp3) is 0.471. The monoisotopic (exact) mass is 697 g/mol. The van der Waals surface area contributed by atoms with Gasteiger partial charge in [-0.2, -0.15) is 18.4 Å². The summed E-state index contributed by atoms with van der Waals surface area (Å²) in [5.74, 6) is -1.37. The van der Waals surface area contributed by atoms with Gasteiger partial charge >= 0.3 is 18.2 Å². The Bertz CT molecular complexity index is 1810. The average Bonchev–Trinajstić information content (AvgIpc) is 3.09. The Hall–Kier alpha value is -5.01. The van der Waals surface area contributed by atoms with Crippen LogP contribution in [0, 0.1) is 16.7 Å². The number of anilines is 2. The molecular formula is C34H38F3N7O6. The van der Waals surface area contributed by atoms with E-state index in [1.54, 1.807) is 25.3 Å². The number of morpholine rings is 1. The van der Waals surface area contributed by atoms with Crippen molar-refractivity contribution in [2.24, 2.45) is 11.1 Å². The van der Waals surface area contributed by atoms with Crippen molar-refractivity contribution in [1.29, 1.82) is 5.26 Å². The number of halogens is 3. The van der Waals surface area contributed by atoms with Gasteiger partial charge in [-0.3, -0.25) is 9.69 Å². The van der Waals surface area contributed by atoms with Gasteiger partial charge in [0.1, 0.15) is 18.1 Å². The summed E-state index contributed by atoms with van der Waals surface area (Å²) in [7, 11) is 1.43. The summed E-state index contributed by atoms with van der Waals surface area (Å²) in [5, 5.41) is 19.0. The van der Waals surface area contributed by atoms with Crippen molar-refractivity contribution in [3.05, 3.63) is 70.4 Å². The number of nitrogens with two attached hydrogens (primary N) is 1. The first-order chi connectivity index (χ1) is 23.6. The molecule has 1 aromatic carbocycles. The van der Waals surface area contributed by atoms with E-state index in [0.29, 0.717) is 43.4 Å². The second kappa shape index (κ2) is 14.1. The van der Waals surface area contributed by atoms with Crippen molar-refractivity contribution < 1.29 is 42.1 Å². The largest absolute Gasteiger partial charge is 0.481 e. The Morgan fingerprint density at radius 3 is 2.50 bits per heavy atom. The third kappa shape index (κ3) is 7.43. The number of carbonyl (C=O) groups is 2. The number of carbonyl (C=O) groups excluding carboxylic acids is 1. The van der Waals surface area contributed by atoms with Crippen LogP contribution in [0.2, 0.25) is 0 Å². The first-order valence-electron chi connectivity index (χ1n) is 15.9. The fourth-order valence-electron chi connectivity index (χ4n) is 5.96. The van der Waals surface area contributed by atoms with Gasteiger partial charge in [0.05, 0.1) is 77.8 Å². The minimum atomic E-state index is -4.66. The van der Waals surface area contributed by atoms with Crippen LogP contribution in [0.25, 0.3) is 0 Å². The zero-order valence-electron chi connectivity index (χ0n) is 28.1. The van der Waals surface area contributed by atoms with Gasteiger partial charge in [-0.1, -0.05) is 6.92 Å². The number of ether oxygens (including phenoxy) is 3. The molecule has 0 aliphatic carbocycles. The molecule has 50 heavy (non-hydrogen) atoms. The minimum absolute atomic E-state index is 0.0503. The highest BCUT2D eigenvalue weighted by atomic mass is 19.4.